The van der Waals surface area contributed by atoms with Crippen molar-refractivity contribution in [3.8, 4) is 0 Å². The number of nitrogens with zero attached hydrogens (tertiary/aromatic N) is 3. The number of hydrogen-bond donors (Lipinski definition) is 2. The van der Waals surface area contributed by atoms with Gasteiger partial charge >= 0.3 is 0 Å². The van der Waals surface area contributed by atoms with Crippen LogP contribution in [0.15, 0.2) is 36.5 Å². The van der Waals surface area contributed by atoms with Crippen LogP contribution in [0.25, 0.3) is 0 Å². The number of nitrogens with one attached hydrogen (secondary N) is 1. The zero-order valence-corrected chi connectivity index (χ0v) is 13.7. The second kappa shape index (κ2) is 7.46. The van der Waals surface area contributed by atoms with Crippen molar-refractivity contribution in [1.82, 2.24) is 15.1 Å². The van der Waals surface area contributed by atoms with Gasteiger partial charge in [0, 0.05) is 44.1 Å². The predicted octanol–water partition coefficient (Wildman–Crippen LogP) is 0.720. The molecule has 7 heteroatoms. The molecule has 7 nitrogen and oxygen atoms in total. The third-order valence-corrected chi connectivity index (χ3v) is 4.16. The molecule has 128 valence electrons. The summed E-state index contributed by atoms with van der Waals surface area (Å²) in [5, 5.41) is 16.9. The summed E-state index contributed by atoms with van der Waals surface area (Å²) in [6, 6.07) is 9.22. The molecule has 0 spiro atoms. The molecule has 24 heavy (non-hydrogen) atoms. The van der Waals surface area contributed by atoms with Gasteiger partial charge in [0.2, 0.25) is 0 Å². The van der Waals surface area contributed by atoms with Gasteiger partial charge in [-0.2, -0.15) is 5.10 Å². The Bertz CT molecular complexity index is 677. The second-order valence-electron chi connectivity index (χ2n) is 5.75. The van der Waals surface area contributed by atoms with Gasteiger partial charge in [-0.05, 0) is 30.3 Å². The Morgan fingerprint density at radius 2 is 2.00 bits per heavy atom. The topological polar surface area (TPSA) is 79.6 Å². The van der Waals surface area contributed by atoms with Crippen LogP contribution in [0.3, 0.4) is 0 Å². The van der Waals surface area contributed by atoms with Crippen molar-refractivity contribution in [2.45, 2.75) is 6.10 Å². The van der Waals surface area contributed by atoms with Crippen LogP contribution in [0.2, 0.25) is 0 Å². The Hall–Kier alpha value is -2.38. The fourth-order valence-corrected chi connectivity index (χ4v) is 2.75. The maximum Gasteiger partial charge on any atom is 0.251 e. The van der Waals surface area contributed by atoms with Gasteiger partial charge < -0.3 is 20.1 Å². The number of aliphatic hydroxyl groups excluding tert-OH is 1. The highest BCUT2D eigenvalue weighted by Crippen LogP contribution is 2.17. The van der Waals surface area contributed by atoms with Gasteiger partial charge in [0.25, 0.3) is 5.91 Å². The van der Waals surface area contributed by atoms with Crippen molar-refractivity contribution < 1.29 is 14.6 Å². The zero-order valence-electron chi connectivity index (χ0n) is 13.7. The summed E-state index contributed by atoms with van der Waals surface area (Å²) < 4.78 is 6.93. The monoisotopic (exact) mass is 330 g/mol. The lowest BCUT2D eigenvalue weighted by molar-refractivity contribution is 0.0911. The molecule has 1 saturated heterocycles. The zero-order chi connectivity index (χ0) is 16.9. The molecule has 1 amide bonds. The fourth-order valence-electron chi connectivity index (χ4n) is 2.75. The molecule has 1 aromatic carbocycles. The third kappa shape index (κ3) is 3.74. The summed E-state index contributed by atoms with van der Waals surface area (Å²) in [5.41, 5.74) is 2.33. The largest absolute Gasteiger partial charge is 0.385 e. The van der Waals surface area contributed by atoms with Gasteiger partial charge in [0.1, 0.15) is 6.10 Å². The van der Waals surface area contributed by atoms with E-state index in [1.165, 1.54) is 0 Å². The summed E-state index contributed by atoms with van der Waals surface area (Å²) in [4.78, 5) is 14.4. The molecule has 1 aliphatic rings. The number of aryl methyl sites for hydroxylation is 1. The number of benzene rings is 1. The Morgan fingerprint density at radius 3 is 2.62 bits per heavy atom. The van der Waals surface area contributed by atoms with Gasteiger partial charge in [-0.1, -0.05) is 0 Å². The van der Waals surface area contributed by atoms with E-state index in [1.54, 1.807) is 36.1 Å². The first-order chi connectivity index (χ1) is 11.6. The average Bonchev–Trinajstić information content (AvgIpc) is 3.06. The smallest absolute Gasteiger partial charge is 0.251 e. The van der Waals surface area contributed by atoms with Crippen LogP contribution in [-0.4, -0.2) is 53.6 Å². The van der Waals surface area contributed by atoms with Crippen molar-refractivity contribution in [1.29, 1.82) is 0 Å². The van der Waals surface area contributed by atoms with Crippen LogP contribution < -0.4 is 10.2 Å². The van der Waals surface area contributed by atoms with E-state index in [-0.39, 0.29) is 12.5 Å². The quantitative estimate of drug-likeness (QED) is 0.844. The molecule has 1 unspecified atom stereocenters. The number of anilines is 1. The van der Waals surface area contributed by atoms with E-state index in [0.29, 0.717) is 11.3 Å². The highest BCUT2D eigenvalue weighted by Gasteiger charge is 2.15. The van der Waals surface area contributed by atoms with Gasteiger partial charge in [-0.15, -0.1) is 0 Å². The molecule has 1 aliphatic heterocycles. The van der Waals surface area contributed by atoms with E-state index in [2.05, 4.69) is 15.3 Å². The van der Waals surface area contributed by atoms with Crippen LogP contribution >= 0.6 is 0 Å². The lowest BCUT2D eigenvalue weighted by Crippen LogP contribution is -2.36. The van der Waals surface area contributed by atoms with Crippen LogP contribution in [-0.2, 0) is 11.8 Å². The molecule has 0 aliphatic carbocycles. The van der Waals surface area contributed by atoms with E-state index in [4.69, 9.17) is 4.74 Å². The van der Waals surface area contributed by atoms with Gasteiger partial charge in [-0.3, -0.25) is 9.48 Å². The Balaban J connectivity index is 1.56. The SMILES string of the molecule is Cn1nccc1C(O)CNC(=O)c1ccc(N2CCOCC2)cc1. The average molecular weight is 330 g/mol. The lowest BCUT2D eigenvalue weighted by Gasteiger charge is -2.28. The minimum absolute atomic E-state index is 0.142. The highest BCUT2D eigenvalue weighted by atomic mass is 16.5. The highest BCUT2D eigenvalue weighted by molar-refractivity contribution is 5.94. The van der Waals surface area contributed by atoms with E-state index in [0.717, 1.165) is 32.0 Å². The van der Waals surface area contributed by atoms with Crippen LogP contribution in [0, 0.1) is 0 Å². The van der Waals surface area contributed by atoms with Crippen molar-refractivity contribution in [3.05, 3.63) is 47.8 Å². The van der Waals surface area contributed by atoms with Crippen LogP contribution in [0.4, 0.5) is 5.69 Å². The standard InChI is InChI=1S/C17H22N4O3/c1-20-15(6-7-19-20)16(22)12-18-17(23)13-2-4-14(5-3-13)21-8-10-24-11-9-21/h2-7,16,22H,8-12H2,1H3,(H,18,23). The molecule has 0 bridgehead atoms. The summed E-state index contributed by atoms with van der Waals surface area (Å²) in [6.07, 6.45) is 0.833. The van der Waals surface area contributed by atoms with Gasteiger partial charge in [-0.25, -0.2) is 0 Å². The maximum atomic E-state index is 12.2. The first-order valence-electron chi connectivity index (χ1n) is 8.02. The van der Waals surface area contributed by atoms with E-state index < -0.39 is 6.10 Å². The predicted molar refractivity (Wildman–Crippen MR) is 90.0 cm³/mol. The molecule has 2 N–H and O–H groups in total. The maximum absolute atomic E-state index is 12.2. The van der Waals surface area contributed by atoms with Crippen LogP contribution in [0.5, 0.6) is 0 Å². The van der Waals surface area contributed by atoms with E-state index >= 15 is 0 Å². The first-order valence-corrected chi connectivity index (χ1v) is 8.02. The summed E-state index contributed by atoms with van der Waals surface area (Å²) >= 11 is 0. The fraction of sp³-hybridized carbons (Fsp3) is 0.412. The van der Waals surface area contributed by atoms with Gasteiger partial charge in [0.05, 0.1) is 18.9 Å². The number of ether oxygens (including phenoxy) is 1. The van der Waals surface area contributed by atoms with E-state index in [9.17, 15) is 9.90 Å². The van der Waals surface area contributed by atoms with Gasteiger partial charge in [0.15, 0.2) is 0 Å². The lowest BCUT2D eigenvalue weighted by atomic mass is 10.1. The Labute approximate surface area is 140 Å². The molecular weight excluding hydrogens is 308 g/mol. The second-order valence-corrected chi connectivity index (χ2v) is 5.75. The third-order valence-electron chi connectivity index (χ3n) is 4.16. The number of rotatable bonds is 5. The number of aromatic nitrogens is 2. The first kappa shape index (κ1) is 16.5. The number of hydrogen-bond acceptors (Lipinski definition) is 5. The molecule has 3 rings (SSSR count). The number of aliphatic hydroxyl groups is 1. The molecular formula is C17H22N4O3. The molecule has 2 aromatic rings. The Kier molecular flexibility index (Phi) is 5.12. The van der Waals surface area contributed by atoms with Crippen molar-refractivity contribution in [3.63, 3.8) is 0 Å². The molecule has 2 heterocycles. The molecule has 0 saturated carbocycles. The Morgan fingerprint density at radius 1 is 1.29 bits per heavy atom. The number of carbonyl (C=O) groups excluding carboxylic acids is 1. The van der Waals surface area contributed by atoms with Crippen molar-refractivity contribution >= 4 is 11.6 Å². The molecule has 0 radical (unpaired) electrons. The minimum atomic E-state index is -0.783. The normalized spacial score (nSPS) is 16.0. The molecule has 1 fully saturated rings. The summed E-state index contributed by atoms with van der Waals surface area (Å²) in [5.74, 6) is -0.204. The minimum Gasteiger partial charge on any atom is -0.385 e. The van der Waals surface area contributed by atoms with E-state index in [1.807, 2.05) is 12.1 Å². The summed E-state index contributed by atoms with van der Waals surface area (Å²) in [7, 11) is 1.75. The number of morpholine rings is 1. The molecule has 1 atom stereocenters. The summed E-state index contributed by atoms with van der Waals surface area (Å²) in [6.45, 7) is 3.33. The number of amides is 1. The number of carbonyl (C=O) groups is 1. The van der Waals surface area contributed by atoms with Crippen LogP contribution in [0.1, 0.15) is 22.2 Å². The molecule has 1 aromatic heterocycles. The van der Waals surface area contributed by atoms with Crippen molar-refractivity contribution in [2.75, 3.05) is 37.7 Å². The van der Waals surface area contributed by atoms with Crippen molar-refractivity contribution in [2.24, 2.45) is 7.05 Å².